The quantitative estimate of drug-likeness (QED) is 0.417. The Labute approximate surface area is 195 Å². The summed E-state index contributed by atoms with van der Waals surface area (Å²) in [5.41, 5.74) is 5.11. The Morgan fingerprint density at radius 2 is 1.88 bits per heavy atom. The maximum atomic E-state index is 13.4. The predicted molar refractivity (Wildman–Crippen MR) is 134 cm³/mol. The highest BCUT2D eigenvalue weighted by molar-refractivity contribution is 7.80. The number of rotatable bonds is 3. The fourth-order valence-corrected chi connectivity index (χ4v) is 5.03. The third-order valence-corrected chi connectivity index (χ3v) is 6.97. The van der Waals surface area contributed by atoms with Crippen LogP contribution in [-0.2, 0) is 16.0 Å². The Morgan fingerprint density at radius 1 is 1.16 bits per heavy atom. The standard InChI is InChI=1S/C26H29N3O2S/c1-6-18-9-7-8-10-21(18)29-24(31)20(23(30)27-25(29)32)14-17-11-12-22-19(13-17)16(2)15-26(3,4)28(22)5/h7-14,16H,6,15H2,1-5H3,(H,27,30,32)/b20-14+. The molecule has 5 nitrogen and oxygen atoms in total. The lowest BCUT2D eigenvalue weighted by Gasteiger charge is -2.45. The molecule has 1 atom stereocenters. The van der Waals surface area contributed by atoms with Crippen molar-refractivity contribution in [1.82, 2.24) is 5.32 Å². The molecular formula is C26H29N3O2S. The fraction of sp³-hybridized carbons (Fsp3) is 0.346. The summed E-state index contributed by atoms with van der Waals surface area (Å²) in [4.78, 5) is 29.9. The maximum Gasteiger partial charge on any atom is 0.270 e. The highest BCUT2D eigenvalue weighted by Crippen LogP contribution is 2.42. The van der Waals surface area contributed by atoms with E-state index < -0.39 is 11.8 Å². The van der Waals surface area contributed by atoms with Crippen LogP contribution in [-0.4, -0.2) is 29.5 Å². The van der Waals surface area contributed by atoms with Gasteiger partial charge in [0.2, 0.25) is 0 Å². The van der Waals surface area contributed by atoms with Gasteiger partial charge >= 0.3 is 0 Å². The van der Waals surface area contributed by atoms with Crippen LogP contribution in [0.1, 0.15) is 56.7 Å². The van der Waals surface area contributed by atoms with E-state index in [1.54, 1.807) is 6.08 Å². The maximum absolute atomic E-state index is 13.4. The number of nitrogens with zero attached hydrogens (tertiary/aromatic N) is 2. The molecule has 1 N–H and O–H groups in total. The molecule has 0 spiro atoms. The van der Waals surface area contributed by atoms with Gasteiger partial charge < -0.3 is 4.90 Å². The van der Waals surface area contributed by atoms with Gasteiger partial charge in [0.25, 0.3) is 11.8 Å². The average molecular weight is 448 g/mol. The minimum Gasteiger partial charge on any atom is -0.369 e. The van der Waals surface area contributed by atoms with Crippen LogP contribution in [0.15, 0.2) is 48.0 Å². The summed E-state index contributed by atoms with van der Waals surface area (Å²) in [7, 11) is 2.12. The van der Waals surface area contributed by atoms with Gasteiger partial charge in [-0.25, -0.2) is 0 Å². The smallest absolute Gasteiger partial charge is 0.270 e. The highest BCUT2D eigenvalue weighted by Gasteiger charge is 2.36. The third-order valence-electron chi connectivity index (χ3n) is 6.68. The van der Waals surface area contributed by atoms with Gasteiger partial charge in [-0.3, -0.25) is 19.8 Å². The molecule has 2 heterocycles. The van der Waals surface area contributed by atoms with Gasteiger partial charge in [-0.05, 0) is 85.8 Å². The largest absolute Gasteiger partial charge is 0.369 e. The number of thiocarbonyl (C=S) groups is 1. The van der Waals surface area contributed by atoms with Crippen molar-refractivity contribution in [3.63, 3.8) is 0 Å². The SMILES string of the molecule is CCc1ccccc1N1C(=O)/C(=C/c2ccc3c(c2)C(C)CC(C)(C)N3C)C(=O)NC1=S. The molecule has 0 aliphatic carbocycles. The predicted octanol–water partition coefficient (Wildman–Crippen LogP) is 4.80. The van der Waals surface area contributed by atoms with Gasteiger partial charge in [0.15, 0.2) is 5.11 Å². The van der Waals surface area contributed by atoms with Gasteiger partial charge in [-0.2, -0.15) is 0 Å². The van der Waals surface area contributed by atoms with E-state index in [2.05, 4.69) is 50.2 Å². The van der Waals surface area contributed by atoms with E-state index in [1.807, 2.05) is 37.3 Å². The number of nitrogens with one attached hydrogen (secondary N) is 1. The zero-order valence-corrected chi connectivity index (χ0v) is 20.0. The van der Waals surface area contributed by atoms with Crippen LogP contribution in [0.25, 0.3) is 6.08 Å². The lowest BCUT2D eigenvalue weighted by atomic mass is 9.80. The van der Waals surface area contributed by atoms with Crippen LogP contribution in [0.5, 0.6) is 0 Å². The van der Waals surface area contributed by atoms with Gasteiger partial charge in [0, 0.05) is 18.3 Å². The average Bonchev–Trinajstić information content (AvgIpc) is 2.75. The summed E-state index contributed by atoms with van der Waals surface area (Å²) in [6, 6.07) is 13.8. The highest BCUT2D eigenvalue weighted by atomic mass is 32.1. The second-order valence-electron chi connectivity index (χ2n) is 9.23. The lowest BCUT2D eigenvalue weighted by Crippen LogP contribution is -2.54. The van der Waals surface area contributed by atoms with Crippen molar-refractivity contribution in [2.45, 2.75) is 52.0 Å². The first-order valence-electron chi connectivity index (χ1n) is 11.0. The molecule has 2 aromatic rings. The number of para-hydroxylation sites is 1. The van der Waals surface area contributed by atoms with Crippen molar-refractivity contribution in [1.29, 1.82) is 0 Å². The number of carbonyl (C=O) groups excluding carboxylic acids is 2. The summed E-state index contributed by atoms with van der Waals surface area (Å²) < 4.78 is 0. The van der Waals surface area contributed by atoms with E-state index in [1.165, 1.54) is 16.2 Å². The molecule has 0 radical (unpaired) electrons. The molecule has 0 saturated carbocycles. The van der Waals surface area contributed by atoms with Crippen LogP contribution in [0.4, 0.5) is 11.4 Å². The number of amides is 2. The molecule has 0 bridgehead atoms. The molecule has 1 fully saturated rings. The molecular weight excluding hydrogens is 418 g/mol. The van der Waals surface area contributed by atoms with Crippen LogP contribution >= 0.6 is 12.2 Å². The zero-order chi connectivity index (χ0) is 23.2. The van der Waals surface area contributed by atoms with E-state index in [-0.39, 0.29) is 16.2 Å². The van der Waals surface area contributed by atoms with Crippen LogP contribution in [0.2, 0.25) is 0 Å². The summed E-state index contributed by atoms with van der Waals surface area (Å²) in [5.74, 6) is -0.483. The minimum atomic E-state index is -0.464. The molecule has 1 unspecified atom stereocenters. The number of hydrogen-bond donors (Lipinski definition) is 1. The summed E-state index contributed by atoms with van der Waals surface area (Å²) in [5, 5.41) is 2.80. The minimum absolute atomic E-state index is 0.0779. The van der Waals surface area contributed by atoms with Gasteiger partial charge in [0.1, 0.15) is 5.57 Å². The Hall–Kier alpha value is -2.99. The van der Waals surface area contributed by atoms with Crippen molar-refractivity contribution in [2.75, 3.05) is 16.8 Å². The first-order valence-corrected chi connectivity index (χ1v) is 11.4. The monoisotopic (exact) mass is 447 g/mol. The fourth-order valence-electron chi connectivity index (χ4n) is 4.76. The molecule has 2 aliphatic rings. The zero-order valence-electron chi connectivity index (χ0n) is 19.2. The number of fused-ring (bicyclic) bond motifs is 1. The normalized spacial score (nSPS) is 21.6. The van der Waals surface area contributed by atoms with Crippen LogP contribution in [0.3, 0.4) is 0 Å². The lowest BCUT2D eigenvalue weighted by molar-refractivity contribution is -0.122. The molecule has 166 valence electrons. The number of aryl methyl sites for hydroxylation is 1. The van der Waals surface area contributed by atoms with Crippen molar-refractivity contribution in [2.24, 2.45) is 0 Å². The summed E-state index contributed by atoms with van der Waals surface area (Å²) in [6.07, 6.45) is 3.46. The topological polar surface area (TPSA) is 52.7 Å². The van der Waals surface area contributed by atoms with Crippen LogP contribution in [0, 0.1) is 0 Å². The Balaban J connectivity index is 1.74. The second kappa shape index (κ2) is 8.17. The van der Waals surface area contributed by atoms with Crippen molar-refractivity contribution >= 4 is 46.6 Å². The third kappa shape index (κ3) is 3.73. The molecule has 0 aromatic heterocycles. The van der Waals surface area contributed by atoms with Gasteiger partial charge in [-0.1, -0.05) is 38.1 Å². The van der Waals surface area contributed by atoms with Crippen molar-refractivity contribution < 1.29 is 9.59 Å². The van der Waals surface area contributed by atoms with E-state index in [9.17, 15) is 9.59 Å². The first kappa shape index (κ1) is 22.2. The molecule has 1 saturated heterocycles. The van der Waals surface area contributed by atoms with Gasteiger partial charge in [-0.15, -0.1) is 0 Å². The second-order valence-corrected chi connectivity index (χ2v) is 9.62. The van der Waals surface area contributed by atoms with Crippen molar-refractivity contribution in [3.05, 3.63) is 64.7 Å². The Kier molecular flexibility index (Phi) is 5.67. The number of hydrogen-bond acceptors (Lipinski definition) is 4. The first-order chi connectivity index (χ1) is 15.1. The number of benzene rings is 2. The van der Waals surface area contributed by atoms with Crippen LogP contribution < -0.4 is 15.1 Å². The summed E-state index contributed by atoms with van der Waals surface area (Å²) >= 11 is 5.36. The van der Waals surface area contributed by atoms with E-state index in [4.69, 9.17) is 12.2 Å². The number of anilines is 2. The molecule has 6 heteroatoms. The number of carbonyl (C=O) groups is 2. The Morgan fingerprint density at radius 3 is 2.59 bits per heavy atom. The molecule has 2 amide bonds. The van der Waals surface area contributed by atoms with E-state index in [0.717, 1.165) is 24.0 Å². The van der Waals surface area contributed by atoms with Crippen molar-refractivity contribution in [3.8, 4) is 0 Å². The van der Waals surface area contributed by atoms with E-state index >= 15 is 0 Å². The molecule has 2 aromatic carbocycles. The summed E-state index contributed by atoms with van der Waals surface area (Å²) in [6.45, 7) is 8.75. The van der Waals surface area contributed by atoms with E-state index in [0.29, 0.717) is 11.6 Å². The van der Waals surface area contributed by atoms with Gasteiger partial charge in [0.05, 0.1) is 5.69 Å². The molecule has 4 rings (SSSR count). The Bertz CT molecular complexity index is 1150. The molecule has 2 aliphatic heterocycles. The molecule has 32 heavy (non-hydrogen) atoms.